The maximum Gasteiger partial charge on any atom is 0.421 e. The topological polar surface area (TPSA) is 163 Å². The third-order valence-electron chi connectivity index (χ3n) is 2.44. The van der Waals surface area contributed by atoms with Crippen LogP contribution in [-0.2, 0) is 37.5 Å². The molecule has 0 aliphatic carbocycles. The molecule has 0 aromatic heterocycles. The first kappa shape index (κ1) is 17.7. The molecule has 23 heavy (non-hydrogen) atoms. The summed E-state index contributed by atoms with van der Waals surface area (Å²) < 4.78 is 60.7. The number of esters is 1. The Morgan fingerprint density at radius 1 is 1.13 bits per heavy atom. The van der Waals surface area contributed by atoms with Gasteiger partial charge in [0.15, 0.2) is 0 Å². The lowest BCUT2D eigenvalue weighted by atomic mass is 10.2. The van der Waals surface area contributed by atoms with Crippen molar-refractivity contribution in [2.45, 2.75) is 12.1 Å². The van der Waals surface area contributed by atoms with Gasteiger partial charge in [-0.2, -0.15) is 25.2 Å². The molecule has 11 nitrogen and oxygen atoms in total. The monoisotopic (exact) mass is 370 g/mol. The maximum absolute atomic E-state index is 11.8. The number of hydrogen-bond acceptors (Lipinski definition) is 11. The molecule has 128 valence electrons. The van der Waals surface area contributed by atoms with E-state index in [-0.39, 0.29) is 5.56 Å². The summed E-state index contributed by atoms with van der Waals surface area (Å²) in [6.07, 6.45) is -2.20. The highest BCUT2D eigenvalue weighted by Crippen LogP contribution is 2.30. The molecule has 2 rings (SSSR count). The van der Waals surface area contributed by atoms with Crippen LogP contribution in [0.5, 0.6) is 0 Å². The third kappa shape index (κ3) is 4.23. The van der Waals surface area contributed by atoms with Crippen LogP contribution in [0.2, 0.25) is 0 Å². The molecule has 0 bridgehead atoms. The lowest BCUT2D eigenvalue weighted by molar-refractivity contribution is -0.329. The fourth-order valence-corrected chi connectivity index (χ4v) is 3.49. The Morgan fingerprint density at radius 2 is 1.65 bits per heavy atom. The Kier molecular flexibility index (Phi) is 4.72. The highest BCUT2D eigenvalue weighted by molar-refractivity contribution is 7.95. The molecule has 0 saturated carbocycles. The second kappa shape index (κ2) is 6.12. The van der Waals surface area contributed by atoms with Gasteiger partial charge in [-0.1, -0.05) is 18.2 Å². The molecule has 13 heteroatoms. The minimum absolute atomic E-state index is 0.0210. The molecule has 0 amide bonds. The molecule has 1 fully saturated rings. The van der Waals surface area contributed by atoms with E-state index >= 15 is 0 Å². The van der Waals surface area contributed by atoms with Crippen LogP contribution >= 0.6 is 0 Å². The molecule has 1 aromatic rings. The van der Waals surface area contributed by atoms with E-state index in [2.05, 4.69) is 16.7 Å². The van der Waals surface area contributed by atoms with Gasteiger partial charge in [0.25, 0.3) is 0 Å². The molecule has 2 N–H and O–H groups in total. The Bertz CT molecular complexity index is 749. The molecule has 1 aromatic carbocycles. The van der Waals surface area contributed by atoms with Crippen molar-refractivity contribution >= 4 is 26.8 Å². The molecule has 1 aliphatic rings. The maximum atomic E-state index is 11.8. The quantitative estimate of drug-likeness (QED) is 0.587. The molecule has 1 atom stereocenters. The van der Waals surface area contributed by atoms with Crippen molar-refractivity contribution in [1.29, 1.82) is 0 Å². The van der Waals surface area contributed by atoms with Crippen LogP contribution in [0.3, 0.4) is 0 Å². The van der Waals surface area contributed by atoms with Crippen molar-refractivity contribution in [3.05, 3.63) is 35.9 Å². The van der Waals surface area contributed by atoms with Gasteiger partial charge in [-0.05, 0) is 12.1 Å². The van der Waals surface area contributed by atoms with Gasteiger partial charge in [0.1, 0.15) is 0 Å². The van der Waals surface area contributed by atoms with Gasteiger partial charge in [0, 0.05) is 0 Å². The molecule has 1 heterocycles. The van der Waals surface area contributed by atoms with Gasteiger partial charge < -0.3 is 14.9 Å². The average molecular weight is 370 g/mol. The molecule has 1 unspecified atom stereocenters. The minimum Gasteiger partial charge on any atom is -0.448 e. The van der Waals surface area contributed by atoms with E-state index in [0.717, 1.165) is 0 Å². The summed E-state index contributed by atoms with van der Waals surface area (Å²) in [5, 5.41) is 19.0. The lowest BCUT2D eigenvalue weighted by Crippen LogP contribution is -2.56. The number of carbonyl (C=O) groups is 1. The number of aliphatic hydroxyl groups is 2. The standard InChI is InChI=1S/C10H10O11S2/c11-6-8(18-9(12)7-4-2-1-3-5-7)10(13)19-22(14,15)21-23(16,17)20-10/h1-5,8,11,13H,6H2. The average Bonchev–Trinajstić information content (AvgIpc) is 2.41. The van der Waals surface area contributed by atoms with Crippen molar-refractivity contribution in [3.63, 3.8) is 0 Å². The second-order valence-electron chi connectivity index (χ2n) is 4.12. The predicted molar refractivity (Wildman–Crippen MR) is 68.8 cm³/mol. The van der Waals surface area contributed by atoms with Gasteiger partial charge in [-0.3, -0.25) is 0 Å². The summed E-state index contributed by atoms with van der Waals surface area (Å²) >= 11 is 0. The van der Waals surface area contributed by atoms with Crippen LogP contribution in [0, 0.1) is 0 Å². The Balaban J connectivity index is 2.27. The van der Waals surface area contributed by atoms with Crippen LogP contribution in [0.1, 0.15) is 10.4 Å². The number of benzene rings is 1. The second-order valence-corrected chi connectivity index (χ2v) is 6.64. The highest BCUT2D eigenvalue weighted by atomic mass is 32.3. The van der Waals surface area contributed by atoms with Crippen molar-refractivity contribution in [3.8, 4) is 0 Å². The van der Waals surface area contributed by atoms with Crippen LogP contribution in [0.15, 0.2) is 30.3 Å². The van der Waals surface area contributed by atoms with Crippen molar-refractivity contribution in [2.24, 2.45) is 0 Å². The summed E-state index contributed by atoms with van der Waals surface area (Å²) in [5.74, 6) is -4.62. The fraction of sp³-hybridized carbons (Fsp3) is 0.300. The summed E-state index contributed by atoms with van der Waals surface area (Å²) in [6.45, 7) is -1.22. The van der Waals surface area contributed by atoms with Crippen molar-refractivity contribution in [1.82, 2.24) is 0 Å². The number of carbonyl (C=O) groups excluding carboxylic acids is 1. The molecular weight excluding hydrogens is 360 g/mol. The number of ether oxygens (including phenoxy) is 1. The van der Waals surface area contributed by atoms with Gasteiger partial charge in [0.2, 0.25) is 6.10 Å². The van der Waals surface area contributed by atoms with Gasteiger partial charge in [0.05, 0.1) is 12.2 Å². The van der Waals surface area contributed by atoms with Crippen LogP contribution < -0.4 is 0 Å². The first-order valence-electron chi connectivity index (χ1n) is 5.78. The van der Waals surface area contributed by atoms with Crippen LogP contribution in [-0.4, -0.2) is 51.7 Å². The summed E-state index contributed by atoms with van der Waals surface area (Å²) in [6, 6.07) is 7.20. The molecule has 0 radical (unpaired) electrons. The summed E-state index contributed by atoms with van der Waals surface area (Å²) in [5.41, 5.74) is -0.0210. The van der Waals surface area contributed by atoms with E-state index in [9.17, 15) is 26.7 Å². The van der Waals surface area contributed by atoms with E-state index in [1.807, 2.05) is 0 Å². The van der Waals surface area contributed by atoms with E-state index in [0.29, 0.717) is 0 Å². The Labute approximate surface area is 130 Å². The van der Waals surface area contributed by atoms with Gasteiger partial charge >= 0.3 is 32.7 Å². The van der Waals surface area contributed by atoms with Gasteiger partial charge in [-0.25, -0.2) is 4.79 Å². The lowest BCUT2D eigenvalue weighted by Gasteiger charge is -2.33. The number of hydrogen-bond donors (Lipinski definition) is 2. The SMILES string of the molecule is O=C(OC(CO)C1(O)OS(=O)(=O)OS(=O)(=O)O1)c1ccccc1. The molecule has 1 aliphatic heterocycles. The predicted octanol–water partition coefficient (Wildman–Crippen LogP) is -1.60. The smallest absolute Gasteiger partial charge is 0.421 e. The summed E-state index contributed by atoms with van der Waals surface area (Å²) in [4.78, 5) is 11.8. The zero-order valence-electron chi connectivity index (χ0n) is 11.1. The fourth-order valence-electron chi connectivity index (χ4n) is 1.54. The molecule has 1 saturated heterocycles. The van der Waals surface area contributed by atoms with Crippen LogP contribution in [0.25, 0.3) is 0 Å². The van der Waals surface area contributed by atoms with Gasteiger partial charge in [-0.15, -0.1) is 3.63 Å². The summed E-state index contributed by atoms with van der Waals surface area (Å²) in [7, 11) is -10.4. The highest BCUT2D eigenvalue weighted by Gasteiger charge is 2.56. The normalized spacial score (nSPS) is 22.9. The number of aliphatic hydroxyl groups excluding tert-OH is 1. The van der Waals surface area contributed by atoms with Crippen LogP contribution in [0.4, 0.5) is 0 Å². The van der Waals surface area contributed by atoms with Crippen molar-refractivity contribution < 1.29 is 48.6 Å². The largest absolute Gasteiger partial charge is 0.448 e. The molecular formula is C10H10O11S2. The first-order chi connectivity index (χ1) is 10.6. The molecule has 0 spiro atoms. The van der Waals surface area contributed by atoms with E-state index in [4.69, 9.17) is 5.11 Å². The zero-order chi connectivity index (χ0) is 17.3. The third-order valence-corrected chi connectivity index (χ3v) is 4.66. The van der Waals surface area contributed by atoms with E-state index in [1.165, 1.54) is 24.3 Å². The number of rotatable bonds is 4. The Hall–Kier alpha value is -1.61. The minimum atomic E-state index is -5.22. The first-order valence-corrected chi connectivity index (χ1v) is 8.45. The van der Waals surface area contributed by atoms with E-state index < -0.39 is 45.5 Å². The van der Waals surface area contributed by atoms with E-state index in [1.54, 1.807) is 6.07 Å². The van der Waals surface area contributed by atoms with Crippen molar-refractivity contribution in [2.75, 3.05) is 6.61 Å². The zero-order valence-corrected chi connectivity index (χ0v) is 12.7. The Morgan fingerprint density at radius 3 is 2.13 bits per heavy atom.